The van der Waals surface area contributed by atoms with Gasteiger partial charge in [0.15, 0.2) is 5.82 Å². The molecule has 2 aliphatic rings. The molecule has 4 rings (SSSR count). The summed E-state index contributed by atoms with van der Waals surface area (Å²) in [6.45, 7) is 4.28. The van der Waals surface area contributed by atoms with Crippen LogP contribution in [-0.2, 0) is 11.2 Å². The number of aryl methyl sites for hydroxylation is 2. The molecule has 7 heteroatoms. The van der Waals surface area contributed by atoms with Crippen molar-refractivity contribution >= 4 is 11.6 Å². The van der Waals surface area contributed by atoms with Crippen LogP contribution in [0, 0.1) is 6.92 Å². The Morgan fingerprint density at radius 3 is 3.16 bits per heavy atom. The number of benzene rings is 1. The molecule has 1 N–H and O–H groups in total. The fraction of sp³-hybridized carbons (Fsp3) is 0.500. The molecule has 0 unspecified atom stereocenters. The number of aromatic nitrogens is 2. The number of hydrogen-bond acceptors (Lipinski definition) is 6. The highest BCUT2D eigenvalue weighted by Gasteiger charge is 2.29. The molecule has 7 nitrogen and oxygen atoms in total. The first-order chi connectivity index (χ1) is 12.2. The number of ether oxygens (including phenoxy) is 1. The third-order valence-corrected chi connectivity index (χ3v) is 4.82. The maximum absolute atomic E-state index is 11.4. The molecule has 0 aliphatic carbocycles. The Bertz CT molecular complexity index is 773. The van der Waals surface area contributed by atoms with Crippen LogP contribution in [0.3, 0.4) is 0 Å². The first-order valence-electron chi connectivity index (χ1n) is 8.79. The number of likely N-dealkylation sites (tertiary alicyclic amines) is 1. The molecule has 0 spiro atoms. The predicted molar refractivity (Wildman–Crippen MR) is 91.5 cm³/mol. The smallest absolute Gasteiger partial charge is 0.224 e. The van der Waals surface area contributed by atoms with Crippen molar-refractivity contribution in [2.24, 2.45) is 0 Å². The zero-order chi connectivity index (χ0) is 17.2. The highest BCUT2D eigenvalue weighted by molar-refractivity contribution is 5.93. The summed E-state index contributed by atoms with van der Waals surface area (Å²) in [7, 11) is 0. The molecule has 2 aromatic rings. The Morgan fingerprint density at radius 1 is 1.40 bits per heavy atom. The van der Waals surface area contributed by atoms with Crippen LogP contribution in [0.4, 0.5) is 5.69 Å². The first kappa shape index (κ1) is 16.1. The third kappa shape index (κ3) is 3.51. The minimum atomic E-state index is 0.0814. The van der Waals surface area contributed by atoms with E-state index >= 15 is 0 Å². The van der Waals surface area contributed by atoms with Gasteiger partial charge in [-0.05, 0) is 49.6 Å². The van der Waals surface area contributed by atoms with E-state index in [0.29, 0.717) is 18.9 Å². The second-order valence-corrected chi connectivity index (χ2v) is 6.58. The van der Waals surface area contributed by atoms with Crippen molar-refractivity contribution < 1.29 is 14.1 Å². The van der Waals surface area contributed by atoms with Gasteiger partial charge in [0.2, 0.25) is 11.8 Å². The molecule has 25 heavy (non-hydrogen) atoms. The second kappa shape index (κ2) is 6.84. The normalized spacial score (nSPS) is 20.4. The molecular weight excluding hydrogens is 320 g/mol. The summed E-state index contributed by atoms with van der Waals surface area (Å²) in [6.07, 6.45) is 3.49. The summed E-state index contributed by atoms with van der Waals surface area (Å²) in [6, 6.07) is 6.08. The molecule has 0 bridgehead atoms. The lowest BCUT2D eigenvalue weighted by atomic mass is 10.0. The summed E-state index contributed by atoms with van der Waals surface area (Å²) in [5.41, 5.74) is 2.04. The molecule has 1 saturated heterocycles. The minimum absolute atomic E-state index is 0.0814. The van der Waals surface area contributed by atoms with E-state index in [9.17, 15) is 4.79 Å². The summed E-state index contributed by atoms with van der Waals surface area (Å²) < 4.78 is 11.0. The van der Waals surface area contributed by atoms with Gasteiger partial charge in [0.05, 0.1) is 6.04 Å². The fourth-order valence-corrected chi connectivity index (χ4v) is 3.57. The molecule has 1 aromatic heterocycles. The Hall–Kier alpha value is -2.41. The second-order valence-electron chi connectivity index (χ2n) is 6.58. The Balaban J connectivity index is 1.34. The lowest BCUT2D eigenvalue weighted by Gasteiger charge is -2.22. The van der Waals surface area contributed by atoms with Crippen LogP contribution < -0.4 is 10.1 Å². The van der Waals surface area contributed by atoms with Crippen molar-refractivity contribution in [3.8, 4) is 5.75 Å². The Kier molecular flexibility index (Phi) is 4.40. The van der Waals surface area contributed by atoms with E-state index < -0.39 is 0 Å². The van der Waals surface area contributed by atoms with Crippen molar-refractivity contribution in [2.75, 3.05) is 25.0 Å². The van der Waals surface area contributed by atoms with Gasteiger partial charge in [-0.25, -0.2) is 0 Å². The number of nitrogens with one attached hydrogen (secondary N) is 1. The van der Waals surface area contributed by atoms with E-state index in [1.807, 2.05) is 25.1 Å². The summed E-state index contributed by atoms with van der Waals surface area (Å²) in [5.74, 6) is 2.32. The maximum Gasteiger partial charge on any atom is 0.224 e. The number of hydrogen-bond donors (Lipinski definition) is 1. The van der Waals surface area contributed by atoms with Gasteiger partial charge in [-0.3, -0.25) is 9.69 Å². The van der Waals surface area contributed by atoms with E-state index in [2.05, 4.69) is 20.4 Å². The van der Waals surface area contributed by atoms with Gasteiger partial charge in [0.1, 0.15) is 12.4 Å². The molecule has 3 heterocycles. The van der Waals surface area contributed by atoms with Crippen LogP contribution in [-0.4, -0.2) is 40.6 Å². The van der Waals surface area contributed by atoms with E-state index in [0.717, 1.165) is 55.2 Å². The third-order valence-electron chi connectivity index (χ3n) is 4.82. The average molecular weight is 342 g/mol. The van der Waals surface area contributed by atoms with Crippen LogP contribution in [0.25, 0.3) is 0 Å². The number of carbonyl (C=O) groups excluding carboxylic acids is 1. The summed E-state index contributed by atoms with van der Waals surface area (Å²) >= 11 is 0. The maximum atomic E-state index is 11.4. The molecule has 0 radical (unpaired) electrons. The Labute approximate surface area is 146 Å². The number of fused-ring (bicyclic) bond motifs is 1. The molecule has 1 aromatic carbocycles. The lowest BCUT2D eigenvalue weighted by Crippen LogP contribution is -2.28. The van der Waals surface area contributed by atoms with Crippen LogP contribution >= 0.6 is 0 Å². The van der Waals surface area contributed by atoms with Gasteiger partial charge in [-0.15, -0.1) is 0 Å². The monoisotopic (exact) mass is 342 g/mol. The number of anilines is 1. The van der Waals surface area contributed by atoms with Gasteiger partial charge in [0, 0.05) is 25.6 Å². The van der Waals surface area contributed by atoms with Gasteiger partial charge in [-0.1, -0.05) is 5.16 Å². The zero-order valence-electron chi connectivity index (χ0n) is 14.3. The number of nitrogens with zero attached hydrogens (tertiary/aromatic N) is 3. The van der Waals surface area contributed by atoms with E-state index in [-0.39, 0.29) is 11.9 Å². The number of rotatable bonds is 5. The average Bonchev–Trinajstić information content (AvgIpc) is 3.23. The largest absolute Gasteiger partial charge is 0.492 e. The van der Waals surface area contributed by atoms with E-state index in [4.69, 9.17) is 9.26 Å². The molecule has 1 amide bonds. The van der Waals surface area contributed by atoms with Crippen LogP contribution in [0.1, 0.15) is 42.6 Å². The quantitative estimate of drug-likeness (QED) is 0.899. The van der Waals surface area contributed by atoms with E-state index in [1.165, 1.54) is 0 Å². The van der Waals surface area contributed by atoms with Crippen LogP contribution in [0.2, 0.25) is 0 Å². The van der Waals surface area contributed by atoms with Crippen molar-refractivity contribution in [3.63, 3.8) is 0 Å². The Morgan fingerprint density at radius 2 is 2.32 bits per heavy atom. The summed E-state index contributed by atoms with van der Waals surface area (Å²) in [4.78, 5) is 18.1. The van der Waals surface area contributed by atoms with Crippen LogP contribution in [0.15, 0.2) is 22.7 Å². The molecule has 132 valence electrons. The minimum Gasteiger partial charge on any atom is -0.492 e. The van der Waals surface area contributed by atoms with Gasteiger partial charge in [-0.2, -0.15) is 4.98 Å². The van der Waals surface area contributed by atoms with Gasteiger partial charge in [0.25, 0.3) is 0 Å². The van der Waals surface area contributed by atoms with Gasteiger partial charge >= 0.3 is 0 Å². The van der Waals surface area contributed by atoms with Crippen molar-refractivity contribution in [1.29, 1.82) is 0 Å². The van der Waals surface area contributed by atoms with Crippen molar-refractivity contribution in [3.05, 3.63) is 35.5 Å². The van der Waals surface area contributed by atoms with E-state index in [1.54, 1.807) is 0 Å². The zero-order valence-corrected chi connectivity index (χ0v) is 14.3. The standard InChI is InChI=1S/C18H22N4O3/c1-12-19-18(21-25-12)16-3-2-8-22(16)9-10-24-14-5-6-15-13(11-14)4-7-17(23)20-15/h5-6,11,16H,2-4,7-10H2,1H3,(H,20,23)/t16-/m1/s1. The number of carbonyl (C=O) groups is 1. The topological polar surface area (TPSA) is 80.5 Å². The lowest BCUT2D eigenvalue weighted by molar-refractivity contribution is -0.116. The molecule has 1 atom stereocenters. The predicted octanol–water partition coefficient (Wildman–Crippen LogP) is 2.48. The SMILES string of the molecule is Cc1nc([C@H]2CCCN2CCOc2ccc3c(c2)CCC(=O)N3)no1. The first-order valence-corrected chi connectivity index (χ1v) is 8.79. The molecular formula is C18H22N4O3. The molecule has 0 saturated carbocycles. The van der Waals surface area contributed by atoms with Gasteiger partial charge < -0.3 is 14.6 Å². The summed E-state index contributed by atoms with van der Waals surface area (Å²) in [5, 5.41) is 6.95. The molecule has 1 fully saturated rings. The van der Waals surface area contributed by atoms with Crippen LogP contribution in [0.5, 0.6) is 5.75 Å². The number of amides is 1. The fourth-order valence-electron chi connectivity index (χ4n) is 3.57. The highest BCUT2D eigenvalue weighted by atomic mass is 16.5. The molecule has 2 aliphatic heterocycles. The van der Waals surface area contributed by atoms with Crippen molar-refractivity contribution in [2.45, 2.75) is 38.6 Å². The highest BCUT2D eigenvalue weighted by Crippen LogP contribution is 2.30. The van der Waals surface area contributed by atoms with Crippen molar-refractivity contribution in [1.82, 2.24) is 15.0 Å².